The van der Waals surface area contributed by atoms with E-state index >= 15 is 0 Å². The molecule has 6 nitrogen and oxygen atoms in total. The predicted molar refractivity (Wildman–Crippen MR) is 101 cm³/mol. The number of phenolic OH excluding ortho intramolecular Hbond substituents is 1. The fourth-order valence-electron chi connectivity index (χ4n) is 2.22. The minimum absolute atomic E-state index is 0.117. The van der Waals surface area contributed by atoms with Crippen LogP contribution in [0.3, 0.4) is 0 Å². The summed E-state index contributed by atoms with van der Waals surface area (Å²) in [5.41, 5.74) is 2.13. The zero-order valence-corrected chi connectivity index (χ0v) is 14.6. The fourth-order valence-corrected chi connectivity index (χ4v) is 2.35. The maximum Gasteiger partial charge on any atom is 0.261 e. The van der Waals surface area contributed by atoms with Crippen LogP contribution in [0.25, 0.3) is 5.57 Å². The van der Waals surface area contributed by atoms with Gasteiger partial charge in [0.05, 0.1) is 5.69 Å². The third kappa shape index (κ3) is 4.43. The summed E-state index contributed by atoms with van der Waals surface area (Å²) in [5.74, 6) is 0.0591. The average Bonchev–Trinajstić information content (AvgIpc) is 3.03. The van der Waals surface area contributed by atoms with E-state index in [1.165, 1.54) is 12.3 Å². The molecule has 0 radical (unpaired) electrons. The van der Waals surface area contributed by atoms with Gasteiger partial charge in [0, 0.05) is 34.7 Å². The molecule has 26 heavy (non-hydrogen) atoms. The standard InChI is InChI=1S/C19H16ClN3O3/c1-12-9-18(26-23-12)17(11-21-15-3-2-4-16(24)10-15)19(25)22-14-7-5-13(20)6-8-14/h2-11,21,24H,1H3,(H,22,25). The Morgan fingerprint density at radius 3 is 2.58 bits per heavy atom. The van der Waals surface area contributed by atoms with Crippen LogP contribution in [0, 0.1) is 6.92 Å². The van der Waals surface area contributed by atoms with Crippen LogP contribution < -0.4 is 10.6 Å². The topological polar surface area (TPSA) is 87.4 Å². The minimum Gasteiger partial charge on any atom is -0.508 e. The number of anilines is 2. The smallest absolute Gasteiger partial charge is 0.261 e. The van der Waals surface area contributed by atoms with Crippen LogP contribution in [0.2, 0.25) is 5.02 Å². The lowest BCUT2D eigenvalue weighted by molar-refractivity contribution is -0.111. The second kappa shape index (κ2) is 7.76. The highest BCUT2D eigenvalue weighted by molar-refractivity contribution is 6.30. The summed E-state index contributed by atoms with van der Waals surface area (Å²) < 4.78 is 5.23. The molecule has 3 aromatic rings. The molecular weight excluding hydrogens is 354 g/mol. The summed E-state index contributed by atoms with van der Waals surface area (Å²) in [6.45, 7) is 1.77. The first kappa shape index (κ1) is 17.6. The number of aryl methyl sites for hydroxylation is 1. The van der Waals surface area contributed by atoms with Crippen molar-refractivity contribution in [3.63, 3.8) is 0 Å². The quantitative estimate of drug-likeness (QED) is 0.579. The van der Waals surface area contributed by atoms with E-state index in [-0.39, 0.29) is 17.2 Å². The Morgan fingerprint density at radius 1 is 1.15 bits per heavy atom. The molecule has 132 valence electrons. The first-order valence-corrected chi connectivity index (χ1v) is 8.15. The van der Waals surface area contributed by atoms with E-state index in [1.54, 1.807) is 55.5 Å². The molecule has 0 aliphatic carbocycles. The molecule has 0 saturated carbocycles. The van der Waals surface area contributed by atoms with Gasteiger partial charge in [-0.3, -0.25) is 4.79 Å². The fraction of sp³-hybridized carbons (Fsp3) is 0.0526. The summed E-state index contributed by atoms with van der Waals surface area (Å²) in [7, 11) is 0. The molecule has 0 fully saturated rings. The number of rotatable bonds is 5. The molecular formula is C19H16ClN3O3. The zero-order chi connectivity index (χ0) is 18.5. The largest absolute Gasteiger partial charge is 0.508 e. The van der Waals surface area contributed by atoms with Crippen molar-refractivity contribution in [3.05, 3.63) is 77.3 Å². The maximum atomic E-state index is 12.7. The van der Waals surface area contributed by atoms with Crippen molar-refractivity contribution in [3.8, 4) is 5.75 Å². The van der Waals surface area contributed by atoms with E-state index in [4.69, 9.17) is 16.1 Å². The van der Waals surface area contributed by atoms with Gasteiger partial charge in [-0.2, -0.15) is 0 Å². The van der Waals surface area contributed by atoms with Crippen molar-refractivity contribution < 1.29 is 14.4 Å². The predicted octanol–water partition coefficient (Wildman–Crippen LogP) is 4.43. The Bertz CT molecular complexity index is 949. The summed E-state index contributed by atoms with van der Waals surface area (Å²) >= 11 is 5.86. The van der Waals surface area contributed by atoms with E-state index in [0.29, 0.717) is 27.9 Å². The van der Waals surface area contributed by atoms with Crippen molar-refractivity contribution >= 4 is 34.5 Å². The van der Waals surface area contributed by atoms with Crippen LogP contribution in [0.1, 0.15) is 11.5 Å². The van der Waals surface area contributed by atoms with Crippen LogP contribution in [-0.4, -0.2) is 16.2 Å². The lowest BCUT2D eigenvalue weighted by Crippen LogP contribution is -2.14. The Labute approximate surface area is 155 Å². The van der Waals surface area contributed by atoms with Gasteiger partial charge >= 0.3 is 0 Å². The van der Waals surface area contributed by atoms with Gasteiger partial charge in [0.25, 0.3) is 5.91 Å². The second-order valence-electron chi connectivity index (χ2n) is 5.55. The number of aromatic nitrogens is 1. The van der Waals surface area contributed by atoms with Gasteiger partial charge in [-0.05, 0) is 43.3 Å². The van der Waals surface area contributed by atoms with Crippen molar-refractivity contribution in [2.45, 2.75) is 6.92 Å². The molecule has 0 aliphatic rings. The molecule has 0 unspecified atom stereocenters. The number of hydrogen-bond acceptors (Lipinski definition) is 5. The molecule has 3 rings (SSSR count). The summed E-state index contributed by atoms with van der Waals surface area (Å²) in [5, 5.41) is 19.7. The van der Waals surface area contributed by atoms with Gasteiger partial charge in [-0.15, -0.1) is 0 Å². The zero-order valence-electron chi connectivity index (χ0n) is 13.9. The molecule has 1 heterocycles. The Hall–Kier alpha value is -3.25. The van der Waals surface area contributed by atoms with Crippen LogP contribution in [0.5, 0.6) is 5.75 Å². The van der Waals surface area contributed by atoms with Gasteiger partial charge in [0.15, 0.2) is 5.76 Å². The molecule has 0 atom stereocenters. The highest BCUT2D eigenvalue weighted by Crippen LogP contribution is 2.21. The van der Waals surface area contributed by atoms with Crippen LogP contribution in [0.4, 0.5) is 11.4 Å². The first-order chi connectivity index (χ1) is 12.5. The third-order valence-corrected chi connectivity index (χ3v) is 3.72. The second-order valence-corrected chi connectivity index (χ2v) is 5.98. The minimum atomic E-state index is -0.379. The van der Waals surface area contributed by atoms with E-state index in [2.05, 4.69) is 15.8 Å². The number of phenols is 1. The number of nitrogens with zero attached hydrogens (tertiary/aromatic N) is 1. The van der Waals surface area contributed by atoms with Gasteiger partial charge < -0.3 is 20.3 Å². The molecule has 1 aromatic heterocycles. The third-order valence-electron chi connectivity index (χ3n) is 3.47. The van der Waals surface area contributed by atoms with E-state index in [1.807, 2.05) is 0 Å². The van der Waals surface area contributed by atoms with E-state index in [0.717, 1.165) is 0 Å². The highest BCUT2D eigenvalue weighted by atomic mass is 35.5. The number of aromatic hydroxyl groups is 1. The number of halogens is 1. The first-order valence-electron chi connectivity index (χ1n) is 7.77. The number of hydrogen-bond donors (Lipinski definition) is 3. The Kier molecular flexibility index (Phi) is 5.24. The molecule has 0 spiro atoms. The number of carbonyl (C=O) groups excluding carboxylic acids is 1. The van der Waals surface area contributed by atoms with Crippen molar-refractivity contribution in [2.75, 3.05) is 10.6 Å². The van der Waals surface area contributed by atoms with Gasteiger partial charge in [-0.25, -0.2) is 0 Å². The molecule has 0 bridgehead atoms. The number of amides is 1. The SMILES string of the molecule is Cc1cc(C(=CNc2cccc(O)c2)C(=O)Nc2ccc(Cl)cc2)on1. The van der Waals surface area contributed by atoms with Gasteiger partial charge in [-0.1, -0.05) is 22.8 Å². The molecule has 0 saturated heterocycles. The van der Waals surface area contributed by atoms with E-state index in [9.17, 15) is 9.90 Å². The number of benzene rings is 2. The molecule has 2 aromatic carbocycles. The summed E-state index contributed by atoms with van der Waals surface area (Å²) in [4.78, 5) is 12.7. The van der Waals surface area contributed by atoms with E-state index < -0.39 is 0 Å². The maximum absolute atomic E-state index is 12.7. The molecule has 3 N–H and O–H groups in total. The number of carbonyl (C=O) groups is 1. The lowest BCUT2D eigenvalue weighted by Gasteiger charge is -2.08. The molecule has 7 heteroatoms. The van der Waals surface area contributed by atoms with Crippen LogP contribution >= 0.6 is 11.6 Å². The molecule has 0 aliphatic heterocycles. The van der Waals surface area contributed by atoms with Crippen LogP contribution in [0.15, 0.2) is 65.3 Å². The van der Waals surface area contributed by atoms with Gasteiger partial charge in [0.1, 0.15) is 11.3 Å². The lowest BCUT2D eigenvalue weighted by atomic mass is 10.2. The number of nitrogens with one attached hydrogen (secondary N) is 2. The highest BCUT2D eigenvalue weighted by Gasteiger charge is 2.17. The van der Waals surface area contributed by atoms with Crippen molar-refractivity contribution in [1.29, 1.82) is 0 Å². The Morgan fingerprint density at radius 2 is 1.92 bits per heavy atom. The van der Waals surface area contributed by atoms with Crippen molar-refractivity contribution in [2.24, 2.45) is 0 Å². The Balaban J connectivity index is 1.86. The summed E-state index contributed by atoms with van der Waals surface area (Å²) in [6, 6.07) is 15.0. The monoisotopic (exact) mass is 369 g/mol. The molecule has 1 amide bonds. The van der Waals surface area contributed by atoms with Gasteiger partial charge in [0.2, 0.25) is 0 Å². The average molecular weight is 370 g/mol. The van der Waals surface area contributed by atoms with Crippen LogP contribution in [-0.2, 0) is 4.79 Å². The normalized spacial score (nSPS) is 11.2. The summed E-state index contributed by atoms with van der Waals surface area (Å²) in [6.07, 6.45) is 1.50. The van der Waals surface area contributed by atoms with Crippen molar-refractivity contribution in [1.82, 2.24) is 5.16 Å².